The number of carbonyl (C=O) groups excluding carboxylic acids is 1. The van der Waals surface area contributed by atoms with E-state index < -0.39 is 17.8 Å². The van der Waals surface area contributed by atoms with Crippen molar-refractivity contribution in [3.05, 3.63) is 101 Å². The first-order valence-electron chi connectivity index (χ1n) is 14.9. The van der Waals surface area contributed by atoms with Crippen LogP contribution in [0.5, 0.6) is 11.5 Å². The number of pyridine rings is 1. The Morgan fingerprint density at radius 1 is 1.02 bits per heavy atom. The molecule has 0 fully saturated rings. The van der Waals surface area contributed by atoms with Crippen LogP contribution >= 0.6 is 0 Å². The number of carbonyl (C=O) groups is 2. The lowest BCUT2D eigenvalue weighted by atomic mass is 9.75. The van der Waals surface area contributed by atoms with E-state index in [1.807, 2.05) is 78.6 Å². The molecular weight excluding hydrogens is 570 g/mol. The highest BCUT2D eigenvalue weighted by atomic mass is 16.5. The van der Waals surface area contributed by atoms with Crippen LogP contribution in [0.4, 0.5) is 0 Å². The fourth-order valence-corrected chi connectivity index (χ4v) is 6.52. The number of ether oxygens (including phenoxy) is 2. The number of nitrogens with zero attached hydrogens (tertiary/aromatic N) is 5. The first kappa shape index (κ1) is 29.8. The Kier molecular flexibility index (Phi) is 8.21. The maximum atomic E-state index is 14.0. The van der Waals surface area contributed by atoms with Crippen molar-refractivity contribution in [1.29, 1.82) is 0 Å². The van der Waals surface area contributed by atoms with Crippen LogP contribution in [0.2, 0.25) is 0 Å². The normalized spacial score (nSPS) is 14.1. The lowest BCUT2D eigenvalue weighted by Crippen LogP contribution is -2.37. The molecule has 2 aromatic heterocycles. The van der Waals surface area contributed by atoms with E-state index in [2.05, 4.69) is 15.3 Å². The first-order valence-corrected chi connectivity index (χ1v) is 14.9. The topological polar surface area (TPSA) is 120 Å². The Hall–Kier alpha value is -5.25. The number of benzene rings is 3. The van der Waals surface area contributed by atoms with Crippen LogP contribution in [0.25, 0.3) is 22.3 Å². The van der Waals surface area contributed by atoms with Crippen molar-refractivity contribution in [2.75, 3.05) is 20.8 Å². The van der Waals surface area contributed by atoms with Crippen LogP contribution in [0, 0.1) is 5.92 Å². The molecular formula is C35H35N5O5. The third-order valence-electron chi connectivity index (χ3n) is 8.76. The van der Waals surface area contributed by atoms with Gasteiger partial charge in [-0.3, -0.25) is 14.6 Å². The summed E-state index contributed by atoms with van der Waals surface area (Å²) in [5.74, 6) is -0.842. The summed E-state index contributed by atoms with van der Waals surface area (Å²) in [7, 11) is 4.98. The lowest BCUT2D eigenvalue weighted by molar-refractivity contribution is -0.142. The third kappa shape index (κ3) is 5.48. The molecule has 230 valence electrons. The minimum absolute atomic E-state index is 0.0781. The van der Waals surface area contributed by atoms with Crippen molar-refractivity contribution in [2.24, 2.45) is 13.0 Å². The molecule has 0 saturated heterocycles. The zero-order chi connectivity index (χ0) is 31.7. The number of hydrogen-bond donors (Lipinski definition) is 1. The largest absolute Gasteiger partial charge is 0.495 e. The third-order valence-corrected chi connectivity index (χ3v) is 8.76. The van der Waals surface area contributed by atoms with Crippen LogP contribution in [0.1, 0.15) is 51.9 Å². The molecule has 1 aliphatic rings. The van der Waals surface area contributed by atoms with Gasteiger partial charge in [0.25, 0.3) is 5.91 Å². The quantitative estimate of drug-likeness (QED) is 0.234. The summed E-state index contributed by atoms with van der Waals surface area (Å²) in [6.07, 6.45) is 2.67. The molecule has 0 spiro atoms. The number of amides is 1. The van der Waals surface area contributed by atoms with Gasteiger partial charge in [-0.25, -0.2) is 4.68 Å². The van der Waals surface area contributed by atoms with Gasteiger partial charge in [0.05, 0.1) is 32.0 Å². The molecule has 0 bridgehead atoms. The van der Waals surface area contributed by atoms with Crippen molar-refractivity contribution < 1.29 is 24.2 Å². The second-order valence-corrected chi connectivity index (χ2v) is 11.2. The summed E-state index contributed by atoms with van der Waals surface area (Å²) in [4.78, 5) is 33.0. The summed E-state index contributed by atoms with van der Waals surface area (Å²) < 4.78 is 12.6. The molecule has 10 nitrogen and oxygen atoms in total. The highest BCUT2D eigenvalue weighted by Gasteiger charge is 2.34. The summed E-state index contributed by atoms with van der Waals surface area (Å²) in [6, 6.07) is 21.0. The molecule has 2 unspecified atom stereocenters. The minimum atomic E-state index is -0.866. The molecule has 0 aliphatic carbocycles. The number of hydrogen-bond acceptors (Lipinski definition) is 7. The van der Waals surface area contributed by atoms with Crippen LogP contribution in [0.3, 0.4) is 0 Å². The SMILES string of the molecule is CCC(C(=O)O)C(c1cc(OC)c2c(c1)nnn2C)c1cccc2c1CCN(C(=O)c1ccccc1-c1ccc(OC)cn1)C2. The van der Waals surface area contributed by atoms with Crippen LogP contribution in [-0.2, 0) is 24.8 Å². The van der Waals surface area contributed by atoms with Gasteiger partial charge in [-0.2, -0.15) is 0 Å². The van der Waals surface area contributed by atoms with E-state index in [1.165, 1.54) is 0 Å². The number of carboxylic acid groups (broad SMARTS) is 1. The van der Waals surface area contributed by atoms with Crippen LogP contribution < -0.4 is 9.47 Å². The van der Waals surface area contributed by atoms with Gasteiger partial charge in [0.2, 0.25) is 0 Å². The summed E-state index contributed by atoms with van der Waals surface area (Å²) in [5, 5.41) is 18.8. The zero-order valence-corrected chi connectivity index (χ0v) is 25.7. The molecule has 1 N–H and O–H groups in total. The first-order chi connectivity index (χ1) is 21.8. The predicted molar refractivity (Wildman–Crippen MR) is 169 cm³/mol. The molecule has 5 aromatic rings. The average Bonchev–Trinajstić information content (AvgIpc) is 3.46. The van der Waals surface area contributed by atoms with E-state index in [1.54, 1.807) is 32.1 Å². The Morgan fingerprint density at radius 3 is 2.56 bits per heavy atom. The van der Waals surface area contributed by atoms with Gasteiger partial charge in [0, 0.05) is 37.2 Å². The Labute approximate surface area is 261 Å². The number of aromatic nitrogens is 4. The average molecular weight is 606 g/mol. The predicted octanol–water partition coefficient (Wildman–Crippen LogP) is 5.49. The number of carboxylic acids is 1. The van der Waals surface area contributed by atoms with Crippen molar-refractivity contribution in [3.63, 3.8) is 0 Å². The fraction of sp³-hybridized carbons (Fsp3) is 0.286. The summed E-state index contributed by atoms with van der Waals surface area (Å²) >= 11 is 0. The Morgan fingerprint density at radius 2 is 1.84 bits per heavy atom. The van der Waals surface area contributed by atoms with Gasteiger partial charge < -0.3 is 19.5 Å². The number of methoxy groups -OCH3 is 2. The molecule has 3 aromatic carbocycles. The molecule has 45 heavy (non-hydrogen) atoms. The molecule has 1 aliphatic heterocycles. The van der Waals surface area contributed by atoms with Crippen molar-refractivity contribution in [2.45, 2.75) is 32.2 Å². The molecule has 2 atom stereocenters. The molecule has 3 heterocycles. The van der Waals surface area contributed by atoms with E-state index >= 15 is 0 Å². The maximum absolute atomic E-state index is 14.0. The molecule has 1 amide bonds. The summed E-state index contributed by atoms with van der Waals surface area (Å²) in [5.41, 5.74) is 7.25. The van der Waals surface area contributed by atoms with E-state index in [0.717, 1.165) is 33.3 Å². The Balaban J connectivity index is 1.37. The smallest absolute Gasteiger partial charge is 0.307 e. The standard InChI is InChI=1S/C35H35N5O5/c1-5-24(35(42)43)32(22-17-30-33(31(18-22)45-4)39(2)38-37-30)27-12-8-9-21-20-40(16-15-25(21)27)34(41)28-11-7-6-10-26(28)29-14-13-23(44-3)19-36-29/h6-14,17-19,24,32H,5,15-16,20H2,1-4H3,(H,42,43). The molecule has 0 radical (unpaired) electrons. The maximum Gasteiger partial charge on any atom is 0.307 e. The second-order valence-electron chi connectivity index (χ2n) is 11.2. The second kappa shape index (κ2) is 12.4. The van der Waals surface area contributed by atoms with Crippen LogP contribution in [-0.4, -0.2) is 62.6 Å². The zero-order valence-electron chi connectivity index (χ0n) is 25.7. The van der Waals surface area contributed by atoms with E-state index in [9.17, 15) is 14.7 Å². The highest BCUT2D eigenvalue weighted by Crippen LogP contribution is 2.41. The summed E-state index contributed by atoms with van der Waals surface area (Å²) in [6.45, 7) is 2.81. The fourth-order valence-electron chi connectivity index (χ4n) is 6.52. The van der Waals surface area contributed by atoms with E-state index in [4.69, 9.17) is 9.47 Å². The number of aryl methyl sites for hydroxylation is 1. The van der Waals surface area contributed by atoms with Crippen LogP contribution in [0.15, 0.2) is 72.9 Å². The minimum Gasteiger partial charge on any atom is -0.495 e. The van der Waals surface area contributed by atoms with Gasteiger partial charge in [0.15, 0.2) is 0 Å². The highest BCUT2D eigenvalue weighted by molar-refractivity contribution is 6.00. The van der Waals surface area contributed by atoms with Gasteiger partial charge >= 0.3 is 5.97 Å². The van der Waals surface area contributed by atoms with Crippen molar-refractivity contribution in [3.8, 4) is 22.8 Å². The van der Waals surface area contributed by atoms with Gasteiger partial charge in [-0.1, -0.05) is 48.5 Å². The van der Waals surface area contributed by atoms with E-state index in [-0.39, 0.29) is 5.91 Å². The molecule has 0 saturated carbocycles. The Bertz CT molecular complexity index is 1880. The lowest BCUT2D eigenvalue weighted by Gasteiger charge is -2.34. The number of fused-ring (bicyclic) bond motifs is 2. The monoisotopic (exact) mass is 605 g/mol. The van der Waals surface area contributed by atoms with Gasteiger partial charge in [-0.15, -0.1) is 5.10 Å². The number of aliphatic carboxylic acids is 1. The number of rotatable bonds is 9. The van der Waals surface area contributed by atoms with Crippen molar-refractivity contribution in [1.82, 2.24) is 24.9 Å². The van der Waals surface area contributed by atoms with E-state index in [0.29, 0.717) is 54.2 Å². The van der Waals surface area contributed by atoms with Gasteiger partial charge in [-0.05, 0) is 65.4 Å². The van der Waals surface area contributed by atoms with Crippen molar-refractivity contribution >= 4 is 22.9 Å². The molecule has 10 heteroatoms. The molecule has 6 rings (SSSR count). The van der Waals surface area contributed by atoms with Gasteiger partial charge in [0.1, 0.15) is 22.5 Å².